The van der Waals surface area contributed by atoms with Crippen LogP contribution in [0.3, 0.4) is 0 Å². The average molecular weight is 337 g/mol. The Morgan fingerprint density at radius 2 is 1.96 bits per heavy atom. The molecule has 0 bridgehead atoms. The van der Waals surface area contributed by atoms with Crippen molar-refractivity contribution in [1.82, 2.24) is 4.90 Å². The second kappa shape index (κ2) is 8.57. The Morgan fingerprint density at radius 1 is 1.29 bits per heavy atom. The Balaban J connectivity index is 2.86. The zero-order valence-electron chi connectivity index (χ0n) is 15.0. The van der Waals surface area contributed by atoms with Crippen molar-refractivity contribution in [3.63, 3.8) is 0 Å². The van der Waals surface area contributed by atoms with E-state index in [2.05, 4.69) is 0 Å². The van der Waals surface area contributed by atoms with Crippen LogP contribution in [-0.4, -0.2) is 47.4 Å². The van der Waals surface area contributed by atoms with Crippen molar-refractivity contribution in [2.45, 2.75) is 52.2 Å². The van der Waals surface area contributed by atoms with Crippen LogP contribution >= 0.6 is 0 Å². The number of carbonyl (C=O) groups is 2. The number of rotatable bonds is 7. The average Bonchev–Trinajstić information content (AvgIpc) is 2.48. The van der Waals surface area contributed by atoms with E-state index in [1.165, 1.54) is 7.05 Å². The Bertz CT molecular complexity index is 565. The highest BCUT2D eigenvalue weighted by Gasteiger charge is 2.30. The number of nitrogens with zero attached hydrogens (tertiary/aromatic N) is 1. The number of hydrogen-bond acceptors (Lipinski definition) is 4. The largest absolute Gasteiger partial charge is 0.494 e. The first kappa shape index (κ1) is 19.8. The molecule has 6 heteroatoms. The fourth-order valence-electron chi connectivity index (χ4n) is 2.06. The zero-order chi connectivity index (χ0) is 18.3. The number of aliphatic carboxylic acids is 1. The third-order valence-corrected chi connectivity index (χ3v) is 3.23. The van der Waals surface area contributed by atoms with E-state index < -0.39 is 23.7 Å². The SMILES string of the molecule is CCCOc1cccc(C[C@H](C(=O)O)N(C)C(=O)OC(C)(C)C)c1. The van der Waals surface area contributed by atoms with Gasteiger partial charge >= 0.3 is 12.1 Å². The maximum atomic E-state index is 12.1. The molecule has 6 nitrogen and oxygen atoms in total. The molecule has 134 valence electrons. The molecule has 0 fully saturated rings. The fourth-order valence-corrected chi connectivity index (χ4v) is 2.06. The summed E-state index contributed by atoms with van der Waals surface area (Å²) in [4.78, 5) is 24.8. The normalized spacial score (nSPS) is 12.4. The summed E-state index contributed by atoms with van der Waals surface area (Å²) in [6.07, 6.45) is 0.408. The van der Waals surface area contributed by atoms with Crippen molar-refractivity contribution in [2.75, 3.05) is 13.7 Å². The number of likely N-dealkylation sites (N-methyl/N-ethyl adjacent to an activating group) is 1. The molecule has 1 atom stereocenters. The van der Waals surface area contributed by atoms with E-state index >= 15 is 0 Å². The van der Waals surface area contributed by atoms with Gasteiger partial charge in [-0.1, -0.05) is 19.1 Å². The molecule has 1 N–H and O–H groups in total. The molecule has 0 aliphatic carbocycles. The van der Waals surface area contributed by atoms with Crippen LogP contribution < -0.4 is 4.74 Å². The van der Waals surface area contributed by atoms with Crippen LogP contribution in [0.4, 0.5) is 4.79 Å². The minimum absolute atomic E-state index is 0.175. The van der Waals surface area contributed by atoms with Crippen molar-refractivity contribution in [1.29, 1.82) is 0 Å². The predicted octanol–water partition coefficient (Wildman–Crippen LogP) is 3.34. The van der Waals surface area contributed by atoms with Crippen LogP contribution in [-0.2, 0) is 16.0 Å². The van der Waals surface area contributed by atoms with Gasteiger partial charge in [0.25, 0.3) is 0 Å². The van der Waals surface area contributed by atoms with Crippen LogP contribution in [0.5, 0.6) is 5.75 Å². The van der Waals surface area contributed by atoms with Gasteiger partial charge < -0.3 is 14.6 Å². The summed E-state index contributed by atoms with van der Waals surface area (Å²) in [6, 6.07) is 6.24. The zero-order valence-corrected chi connectivity index (χ0v) is 15.0. The quantitative estimate of drug-likeness (QED) is 0.826. The topological polar surface area (TPSA) is 76.1 Å². The maximum absolute atomic E-state index is 12.1. The number of carbonyl (C=O) groups excluding carboxylic acids is 1. The molecule has 0 saturated carbocycles. The van der Waals surface area contributed by atoms with Gasteiger partial charge in [0.15, 0.2) is 0 Å². The molecule has 1 amide bonds. The molecule has 1 rings (SSSR count). The van der Waals surface area contributed by atoms with Crippen LogP contribution in [0.1, 0.15) is 39.7 Å². The Kier molecular flexibility index (Phi) is 7.07. The molecule has 0 spiro atoms. The molecule has 0 saturated heterocycles. The number of carboxylic acids is 1. The van der Waals surface area contributed by atoms with E-state index in [-0.39, 0.29) is 6.42 Å². The third-order valence-electron chi connectivity index (χ3n) is 3.23. The molecule has 1 aromatic rings. The maximum Gasteiger partial charge on any atom is 0.410 e. The highest BCUT2D eigenvalue weighted by molar-refractivity contribution is 5.80. The minimum Gasteiger partial charge on any atom is -0.494 e. The van der Waals surface area contributed by atoms with Crippen molar-refractivity contribution in [3.8, 4) is 5.75 Å². The van der Waals surface area contributed by atoms with E-state index in [0.717, 1.165) is 16.9 Å². The minimum atomic E-state index is -1.08. The fraction of sp³-hybridized carbons (Fsp3) is 0.556. The van der Waals surface area contributed by atoms with Crippen molar-refractivity contribution < 1.29 is 24.2 Å². The first-order chi connectivity index (χ1) is 11.1. The number of hydrogen-bond donors (Lipinski definition) is 1. The van der Waals surface area contributed by atoms with E-state index in [9.17, 15) is 14.7 Å². The van der Waals surface area contributed by atoms with E-state index in [0.29, 0.717) is 12.4 Å². The van der Waals surface area contributed by atoms with Gasteiger partial charge in [0.05, 0.1) is 6.61 Å². The lowest BCUT2D eigenvalue weighted by atomic mass is 10.0. The highest BCUT2D eigenvalue weighted by atomic mass is 16.6. The molecular weight excluding hydrogens is 310 g/mol. The highest BCUT2D eigenvalue weighted by Crippen LogP contribution is 2.18. The van der Waals surface area contributed by atoms with Gasteiger partial charge in [-0.2, -0.15) is 0 Å². The van der Waals surface area contributed by atoms with Gasteiger partial charge in [0.1, 0.15) is 17.4 Å². The van der Waals surface area contributed by atoms with Gasteiger partial charge in [0.2, 0.25) is 0 Å². The summed E-state index contributed by atoms with van der Waals surface area (Å²) in [5, 5.41) is 9.48. The van der Waals surface area contributed by atoms with Crippen molar-refractivity contribution in [3.05, 3.63) is 29.8 Å². The van der Waals surface area contributed by atoms with Crippen molar-refractivity contribution in [2.24, 2.45) is 0 Å². The van der Waals surface area contributed by atoms with Crippen LogP contribution in [0, 0.1) is 0 Å². The molecule has 0 aliphatic rings. The molecule has 24 heavy (non-hydrogen) atoms. The number of amides is 1. The number of benzene rings is 1. The molecule has 0 aliphatic heterocycles. The van der Waals surface area contributed by atoms with Gasteiger partial charge in [-0.05, 0) is 44.9 Å². The summed E-state index contributed by atoms with van der Waals surface area (Å²) in [5.41, 5.74) is 0.105. The lowest BCUT2D eigenvalue weighted by Gasteiger charge is -2.28. The second-order valence-electron chi connectivity index (χ2n) is 6.65. The molecule has 0 unspecified atom stereocenters. The summed E-state index contributed by atoms with van der Waals surface area (Å²) < 4.78 is 10.8. The number of ether oxygens (including phenoxy) is 2. The van der Waals surface area contributed by atoms with Crippen LogP contribution in [0.25, 0.3) is 0 Å². The molecule has 0 heterocycles. The smallest absolute Gasteiger partial charge is 0.410 e. The lowest BCUT2D eigenvalue weighted by Crippen LogP contribution is -2.46. The molecule has 0 radical (unpaired) electrons. The first-order valence-corrected chi connectivity index (χ1v) is 8.04. The standard InChI is InChI=1S/C18H27NO5/c1-6-10-23-14-9-7-8-13(11-14)12-15(16(20)21)19(5)17(22)24-18(2,3)4/h7-9,11,15H,6,10,12H2,1-5H3,(H,20,21)/t15-/m1/s1. The first-order valence-electron chi connectivity index (χ1n) is 8.04. The van der Waals surface area contributed by atoms with Gasteiger partial charge in [0, 0.05) is 13.5 Å². The Labute approximate surface area is 143 Å². The molecular formula is C18H27NO5. The van der Waals surface area contributed by atoms with Gasteiger partial charge in [-0.15, -0.1) is 0 Å². The Morgan fingerprint density at radius 3 is 2.50 bits per heavy atom. The molecule has 1 aromatic carbocycles. The van der Waals surface area contributed by atoms with E-state index in [1.807, 2.05) is 25.1 Å². The summed E-state index contributed by atoms with van der Waals surface area (Å²) in [6.45, 7) is 7.83. The van der Waals surface area contributed by atoms with Gasteiger partial charge in [-0.3, -0.25) is 4.90 Å². The van der Waals surface area contributed by atoms with E-state index in [4.69, 9.17) is 9.47 Å². The Hall–Kier alpha value is -2.24. The van der Waals surface area contributed by atoms with Crippen LogP contribution in [0.15, 0.2) is 24.3 Å². The predicted molar refractivity (Wildman–Crippen MR) is 91.4 cm³/mol. The summed E-state index contributed by atoms with van der Waals surface area (Å²) >= 11 is 0. The molecule has 0 aromatic heterocycles. The monoisotopic (exact) mass is 337 g/mol. The number of carboxylic acid groups (broad SMARTS) is 1. The van der Waals surface area contributed by atoms with Gasteiger partial charge in [-0.25, -0.2) is 9.59 Å². The second-order valence-corrected chi connectivity index (χ2v) is 6.65. The summed E-state index contributed by atoms with van der Waals surface area (Å²) in [5.74, 6) is -0.387. The third kappa shape index (κ3) is 6.48. The van der Waals surface area contributed by atoms with Crippen LogP contribution in [0.2, 0.25) is 0 Å². The summed E-state index contributed by atoms with van der Waals surface area (Å²) in [7, 11) is 1.43. The van der Waals surface area contributed by atoms with Crippen molar-refractivity contribution >= 4 is 12.1 Å². The van der Waals surface area contributed by atoms with E-state index in [1.54, 1.807) is 26.8 Å². The lowest BCUT2D eigenvalue weighted by molar-refractivity contribution is -0.142.